The lowest BCUT2D eigenvalue weighted by Crippen LogP contribution is -2.17. The third kappa shape index (κ3) is 8.11. The molecule has 10 heteroatoms. The van der Waals surface area contributed by atoms with Gasteiger partial charge >= 0.3 is 10.1 Å². The van der Waals surface area contributed by atoms with Gasteiger partial charge in [-0.3, -0.25) is 4.79 Å². The first-order chi connectivity index (χ1) is 20.3. The molecule has 0 saturated heterocycles. The summed E-state index contributed by atoms with van der Waals surface area (Å²) in [5.74, 6) is 0.780. The van der Waals surface area contributed by atoms with E-state index in [4.69, 9.17) is 18.4 Å². The summed E-state index contributed by atoms with van der Waals surface area (Å²) < 4.78 is 48.1. The fourth-order valence-electron chi connectivity index (χ4n) is 3.82. The second kappa shape index (κ2) is 14.2. The maximum absolute atomic E-state index is 12.8. The highest BCUT2D eigenvalue weighted by Gasteiger charge is 2.19. The van der Waals surface area contributed by atoms with Gasteiger partial charge in [0.15, 0.2) is 23.0 Å². The van der Waals surface area contributed by atoms with Crippen LogP contribution in [0.15, 0.2) is 101 Å². The van der Waals surface area contributed by atoms with E-state index >= 15 is 0 Å². The van der Waals surface area contributed by atoms with E-state index in [1.165, 1.54) is 24.4 Å². The number of nitrogens with one attached hydrogen (secondary N) is 1. The van der Waals surface area contributed by atoms with E-state index in [2.05, 4.69) is 10.5 Å². The van der Waals surface area contributed by atoms with E-state index < -0.39 is 16.0 Å². The van der Waals surface area contributed by atoms with Gasteiger partial charge < -0.3 is 18.4 Å². The van der Waals surface area contributed by atoms with Crippen molar-refractivity contribution in [3.05, 3.63) is 113 Å². The Labute approximate surface area is 245 Å². The van der Waals surface area contributed by atoms with Gasteiger partial charge in [-0.25, -0.2) is 5.43 Å². The van der Waals surface area contributed by atoms with Crippen molar-refractivity contribution in [2.24, 2.45) is 5.10 Å². The average Bonchev–Trinajstić information content (AvgIpc) is 2.98. The molecule has 9 nitrogen and oxygen atoms in total. The third-order valence-corrected chi connectivity index (χ3v) is 7.15. The average molecular weight is 589 g/mol. The number of rotatable bonds is 13. The monoisotopic (exact) mass is 588 g/mol. The molecule has 0 saturated carbocycles. The summed E-state index contributed by atoms with van der Waals surface area (Å²) >= 11 is 0. The van der Waals surface area contributed by atoms with E-state index in [9.17, 15) is 13.2 Å². The lowest BCUT2D eigenvalue weighted by molar-refractivity contribution is 0.0954. The number of carbonyl (C=O) groups is 1. The van der Waals surface area contributed by atoms with Crippen molar-refractivity contribution in [3.63, 3.8) is 0 Å². The van der Waals surface area contributed by atoms with Crippen LogP contribution in [0.25, 0.3) is 0 Å². The van der Waals surface area contributed by atoms with Crippen LogP contribution in [0.4, 0.5) is 0 Å². The van der Waals surface area contributed by atoms with Crippen molar-refractivity contribution < 1.29 is 31.6 Å². The smallest absolute Gasteiger partial charge is 0.339 e. The molecule has 0 fully saturated rings. The minimum atomic E-state index is -4.06. The van der Waals surface area contributed by atoms with Gasteiger partial charge in [0.05, 0.1) is 19.4 Å². The van der Waals surface area contributed by atoms with Crippen LogP contribution in [0.1, 0.15) is 40.9 Å². The van der Waals surface area contributed by atoms with Gasteiger partial charge in [-0.2, -0.15) is 13.5 Å². The summed E-state index contributed by atoms with van der Waals surface area (Å²) in [5.41, 5.74) is 5.32. The van der Waals surface area contributed by atoms with Crippen LogP contribution in [-0.4, -0.2) is 33.8 Å². The SMILES string of the molecule is CCOc1cc(C(=O)N/N=C/c2ccc(OS(=O)(=O)c3ccc(C)cc3)c(OCC)c2)ccc1OCc1ccccc1. The summed E-state index contributed by atoms with van der Waals surface area (Å²) in [7, 11) is -4.06. The molecule has 218 valence electrons. The summed E-state index contributed by atoms with van der Waals surface area (Å²) in [6.07, 6.45) is 1.42. The zero-order valence-electron chi connectivity index (χ0n) is 23.6. The summed E-state index contributed by atoms with van der Waals surface area (Å²) in [6.45, 7) is 6.54. The first kappa shape index (κ1) is 30.1. The Balaban J connectivity index is 1.43. The number of benzene rings is 4. The maximum atomic E-state index is 12.8. The number of ether oxygens (including phenoxy) is 3. The summed E-state index contributed by atoms with van der Waals surface area (Å²) in [4.78, 5) is 12.8. The van der Waals surface area contributed by atoms with Gasteiger partial charge in [-0.15, -0.1) is 0 Å². The zero-order valence-corrected chi connectivity index (χ0v) is 24.4. The molecule has 1 N–H and O–H groups in total. The number of carbonyl (C=O) groups excluding carboxylic acids is 1. The zero-order chi connectivity index (χ0) is 30.0. The highest BCUT2D eigenvalue weighted by molar-refractivity contribution is 7.87. The summed E-state index contributed by atoms with van der Waals surface area (Å²) in [6, 6.07) is 25.7. The number of hydrogen-bond donors (Lipinski definition) is 1. The maximum Gasteiger partial charge on any atom is 0.339 e. The largest absolute Gasteiger partial charge is 0.490 e. The Morgan fingerprint density at radius 1 is 0.786 bits per heavy atom. The summed E-state index contributed by atoms with van der Waals surface area (Å²) in [5, 5.41) is 4.04. The highest BCUT2D eigenvalue weighted by Crippen LogP contribution is 2.31. The van der Waals surface area contributed by atoms with E-state index in [0.717, 1.165) is 11.1 Å². The molecule has 0 aliphatic heterocycles. The van der Waals surface area contributed by atoms with E-state index in [-0.39, 0.29) is 23.0 Å². The van der Waals surface area contributed by atoms with Gasteiger partial charge in [-0.1, -0.05) is 48.0 Å². The number of hydrogen-bond acceptors (Lipinski definition) is 8. The van der Waals surface area contributed by atoms with E-state index in [1.54, 1.807) is 49.4 Å². The molecule has 1 amide bonds. The highest BCUT2D eigenvalue weighted by atomic mass is 32.2. The van der Waals surface area contributed by atoms with Crippen molar-refractivity contribution in [1.29, 1.82) is 0 Å². The van der Waals surface area contributed by atoms with E-state index in [0.29, 0.717) is 35.8 Å². The molecule has 0 radical (unpaired) electrons. The van der Waals surface area contributed by atoms with Gasteiger partial charge in [0.1, 0.15) is 11.5 Å². The molecule has 0 aliphatic carbocycles. The molecular weight excluding hydrogens is 556 g/mol. The first-order valence-electron chi connectivity index (χ1n) is 13.3. The number of aryl methyl sites for hydroxylation is 1. The van der Waals surface area contributed by atoms with Gasteiger partial charge in [0, 0.05) is 5.56 Å². The second-order valence-corrected chi connectivity index (χ2v) is 10.6. The Morgan fingerprint density at radius 2 is 1.45 bits per heavy atom. The Bertz CT molecular complexity index is 1640. The molecule has 0 unspecified atom stereocenters. The number of hydrazone groups is 1. The second-order valence-electron chi connectivity index (χ2n) is 9.06. The molecule has 42 heavy (non-hydrogen) atoms. The van der Waals surface area contributed by atoms with Crippen molar-refractivity contribution in [2.75, 3.05) is 13.2 Å². The number of amides is 1. The topological polar surface area (TPSA) is 113 Å². The first-order valence-corrected chi connectivity index (χ1v) is 14.7. The van der Waals surface area contributed by atoms with Gasteiger partial charge in [-0.05, 0) is 80.4 Å². The van der Waals surface area contributed by atoms with Crippen LogP contribution in [0.5, 0.6) is 23.0 Å². The Kier molecular flexibility index (Phi) is 10.2. The van der Waals surface area contributed by atoms with Gasteiger partial charge in [0.25, 0.3) is 5.91 Å². The van der Waals surface area contributed by atoms with Gasteiger partial charge in [0.2, 0.25) is 0 Å². The molecule has 4 aromatic carbocycles. The van der Waals surface area contributed by atoms with Crippen molar-refractivity contribution in [2.45, 2.75) is 32.3 Å². The van der Waals surface area contributed by atoms with Crippen molar-refractivity contribution >= 4 is 22.2 Å². The quantitative estimate of drug-likeness (QED) is 0.118. The fraction of sp³-hybridized carbons (Fsp3) is 0.188. The Hall–Kier alpha value is -4.83. The molecule has 0 aliphatic rings. The van der Waals surface area contributed by atoms with Crippen molar-refractivity contribution in [1.82, 2.24) is 5.43 Å². The standard InChI is InChI=1S/C32H32N2O7S/c1-4-38-30-19-25(13-17-29(30)41-42(36,37)27-15-11-23(3)12-16-27)21-33-34-32(35)26-14-18-28(31(20-26)39-5-2)40-22-24-9-7-6-8-10-24/h6-21H,4-5,22H2,1-3H3,(H,34,35)/b33-21+. The van der Waals surface area contributed by atoms with Crippen LogP contribution >= 0.6 is 0 Å². The predicted octanol–water partition coefficient (Wildman–Crippen LogP) is 5.90. The van der Waals surface area contributed by atoms with Crippen LogP contribution in [-0.2, 0) is 16.7 Å². The van der Waals surface area contributed by atoms with Crippen LogP contribution < -0.4 is 23.8 Å². The molecule has 0 spiro atoms. The minimum absolute atomic E-state index is 0.0344. The molecule has 4 aromatic rings. The molecule has 4 rings (SSSR count). The van der Waals surface area contributed by atoms with Crippen molar-refractivity contribution in [3.8, 4) is 23.0 Å². The normalized spacial score (nSPS) is 11.2. The van der Waals surface area contributed by atoms with Crippen LogP contribution in [0.2, 0.25) is 0 Å². The minimum Gasteiger partial charge on any atom is -0.490 e. The molecule has 0 atom stereocenters. The third-order valence-electron chi connectivity index (χ3n) is 5.90. The molecular formula is C32H32N2O7S. The van der Waals surface area contributed by atoms with Crippen LogP contribution in [0, 0.1) is 6.92 Å². The predicted molar refractivity (Wildman–Crippen MR) is 160 cm³/mol. The lowest BCUT2D eigenvalue weighted by Gasteiger charge is -2.13. The molecule has 0 bridgehead atoms. The number of nitrogens with zero attached hydrogens (tertiary/aromatic N) is 1. The fourth-order valence-corrected chi connectivity index (χ4v) is 4.76. The molecule has 0 heterocycles. The van der Waals surface area contributed by atoms with E-state index in [1.807, 2.05) is 44.2 Å². The lowest BCUT2D eigenvalue weighted by atomic mass is 10.2. The molecule has 0 aromatic heterocycles. The Morgan fingerprint density at radius 3 is 2.14 bits per heavy atom. The van der Waals surface area contributed by atoms with Crippen LogP contribution in [0.3, 0.4) is 0 Å².